The SMILES string of the molecule is C.CC(=O)O.O=C1Cc2ccccc2C(O)=C1C(c1ccccc1)c1c(O)c2ccccc2oc1=O. The summed E-state index contributed by atoms with van der Waals surface area (Å²) in [5.41, 5.74) is 1.35. The number of aromatic hydroxyl groups is 1. The number of aliphatic hydroxyl groups excluding tert-OH is 1. The monoisotopic (exact) mass is 486 g/mol. The molecule has 3 aromatic carbocycles. The summed E-state index contributed by atoms with van der Waals surface area (Å²) >= 11 is 0. The van der Waals surface area contributed by atoms with E-state index in [1.807, 2.05) is 12.1 Å². The molecule has 0 radical (unpaired) electrons. The molecule has 1 heterocycles. The average molecular weight is 487 g/mol. The summed E-state index contributed by atoms with van der Waals surface area (Å²) in [6, 6.07) is 22.7. The Morgan fingerprint density at radius 1 is 0.889 bits per heavy atom. The van der Waals surface area contributed by atoms with Crippen LogP contribution in [0.4, 0.5) is 0 Å². The number of carbonyl (C=O) groups is 2. The maximum Gasteiger partial charge on any atom is 0.344 e. The Bertz CT molecular complexity index is 1510. The van der Waals surface area contributed by atoms with Crippen molar-refractivity contribution in [2.75, 3.05) is 0 Å². The molecule has 0 amide bonds. The van der Waals surface area contributed by atoms with Gasteiger partial charge in [0, 0.05) is 18.9 Å². The van der Waals surface area contributed by atoms with Crippen molar-refractivity contribution in [3.8, 4) is 5.75 Å². The van der Waals surface area contributed by atoms with E-state index in [9.17, 15) is 19.8 Å². The van der Waals surface area contributed by atoms with Gasteiger partial charge in [-0.15, -0.1) is 0 Å². The van der Waals surface area contributed by atoms with Crippen molar-refractivity contribution >= 4 is 28.5 Å². The fourth-order valence-corrected chi connectivity index (χ4v) is 4.27. The van der Waals surface area contributed by atoms with Gasteiger partial charge < -0.3 is 19.7 Å². The van der Waals surface area contributed by atoms with Crippen LogP contribution in [0.1, 0.15) is 42.5 Å². The molecule has 1 unspecified atom stereocenters. The summed E-state index contributed by atoms with van der Waals surface area (Å²) in [4.78, 5) is 35.2. The zero-order valence-corrected chi connectivity index (χ0v) is 18.8. The summed E-state index contributed by atoms with van der Waals surface area (Å²) in [5, 5.41) is 30.0. The lowest BCUT2D eigenvalue weighted by Gasteiger charge is -2.26. The second-order valence-electron chi connectivity index (χ2n) is 8.03. The number of rotatable bonds is 3. The van der Waals surface area contributed by atoms with Gasteiger partial charge in [-0.25, -0.2) is 4.79 Å². The number of ketones is 1. The minimum atomic E-state index is -0.983. The van der Waals surface area contributed by atoms with Crippen LogP contribution in [0.2, 0.25) is 0 Å². The van der Waals surface area contributed by atoms with E-state index in [0.29, 0.717) is 16.5 Å². The lowest BCUT2D eigenvalue weighted by Crippen LogP contribution is -2.25. The van der Waals surface area contributed by atoms with Crippen molar-refractivity contribution < 1.29 is 29.3 Å². The third-order valence-corrected chi connectivity index (χ3v) is 5.71. The van der Waals surface area contributed by atoms with Gasteiger partial charge in [-0.2, -0.15) is 0 Å². The van der Waals surface area contributed by atoms with Crippen LogP contribution in [-0.2, 0) is 16.0 Å². The summed E-state index contributed by atoms with van der Waals surface area (Å²) in [6.07, 6.45) is 0.0958. The van der Waals surface area contributed by atoms with Crippen molar-refractivity contribution in [2.45, 2.75) is 26.7 Å². The second-order valence-corrected chi connectivity index (χ2v) is 8.03. The third kappa shape index (κ3) is 4.90. The number of para-hydroxylation sites is 1. The van der Waals surface area contributed by atoms with Crippen molar-refractivity contribution in [3.05, 3.63) is 117 Å². The van der Waals surface area contributed by atoms with Gasteiger partial charge in [0.15, 0.2) is 5.78 Å². The number of carboxylic acids is 1. The molecule has 0 bridgehead atoms. The Hall–Kier alpha value is -4.65. The first-order valence-electron chi connectivity index (χ1n) is 10.8. The standard InChI is InChI=1S/C26H18O5.C2H4O2.CH4/c27-19-14-16-10-4-5-11-17(16)24(28)22(19)21(15-8-2-1-3-9-15)23-25(29)18-12-6-7-13-20(18)31-26(23)30;1-2(3)4;/h1-13,21,28-29H,14H2;1H3,(H,3,4);1H4. The van der Waals surface area contributed by atoms with E-state index in [-0.39, 0.29) is 47.9 Å². The number of hydrogen-bond donors (Lipinski definition) is 3. The minimum absolute atomic E-state index is 0. The second kappa shape index (κ2) is 10.7. The summed E-state index contributed by atoms with van der Waals surface area (Å²) in [6.45, 7) is 1.08. The predicted molar refractivity (Wildman–Crippen MR) is 137 cm³/mol. The Morgan fingerprint density at radius 3 is 2.17 bits per heavy atom. The highest BCUT2D eigenvalue weighted by Crippen LogP contribution is 2.43. The van der Waals surface area contributed by atoms with Crippen LogP contribution in [0.15, 0.2) is 93.6 Å². The van der Waals surface area contributed by atoms with E-state index in [2.05, 4.69) is 0 Å². The molecule has 0 aliphatic heterocycles. The van der Waals surface area contributed by atoms with Gasteiger partial charge in [0.1, 0.15) is 17.1 Å². The molecule has 1 aromatic heterocycles. The Labute approximate surface area is 207 Å². The number of benzene rings is 3. The zero-order chi connectivity index (χ0) is 25.1. The van der Waals surface area contributed by atoms with Crippen LogP contribution in [0, 0.1) is 0 Å². The Balaban J connectivity index is 0.000000674. The molecular weight excluding hydrogens is 460 g/mol. The molecule has 1 aliphatic rings. The van der Waals surface area contributed by atoms with Gasteiger partial charge in [-0.3, -0.25) is 9.59 Å². The number of carbonyl (C=O) groups excluding carboxylic acids is 1. The zero-order valence-electron chi connectivity index (χ0n) is 18.8. The highest BCUT2D eigenvalue weighted by atomic mass is 16.4. The molecule has 0 saturated carbocycles. The topological polar surface area (TPSA) is 125 Å². The smallest absolute Gasteiger partial charge is 0.344 e. The van der Waals surface area contributed by atoms with Crippen LogP contribution >= 0.6 is 0 Å². The lowest BCUT2D eigenvalue weighted by atomic mass is 9.77. The molecule has 7 heteroatoms. The highest BCUT2D eigenvalue weighted by Gasteiger charge is 2.36. The van der Waals surface area contributed by atoms with Crippen LogP contribution in [-0.4, -0.2) is 27.1 Å². The van der Waals surface area contributed by atoms with Crippen LogP contribution in [0.25, 0.3) is 16.7 Å². The quantitative estimate of drug-likeness (QED) is 0.329. The van der Waals surface area contributed by atoms with E-state index in [1.54, 1.807) is 66.7 Å². The molecule has 5 rings (SSSR count). The number of aliphatic hydroxyl groups is 1. The van der Waals surface area contributed by atoms with E-state index < -0.39 is 17.5 Å². The molecule has 7 nitrogen and oxygen atoms in total. The van der Waals surface area contributed by atoms with E-state index in [1.165, 1.54) is 0 Å². The van der Waals surface area contributed by atoms with Gasteiger partial charge in [0.2, 0.25) is 0 Å². The first kappa shape index (κ1) is 26.0. The summed E-state index contributed by atoms with van der Waals surface area (Å²) < 4.78 is 5.48. The lowest BCUT2D eigenvalue weighted by molar-refractivity contribution is -0.134. The van der Waals surface area contributed by atoms with Crippen LogP contribution < -0.4 is 5.63 Å². The van der Waals surface area contributed by atoms with Crippen molar-refractivity contribution in [1.82, 2.24) is 0 Å². The van der Waals surface area contributed by atoms with E-state index >= 15 is 0 Å². The number of hydrogen-bond acceptors (Lipinski definition) is 6. The third-order valence-electron chi connectivity index (χ3n) is 5.71. The van der Waals surface area contributed by atoms with Gasteiger partial charge in [-0.1, -0.05) is 74.2 Å². The molecule has 1 atom stereocenters. The van der Waals surface area contributed by atoms with Crippen molar-refractivity contribution in [1.29, 1.82) is 0 Å². The Morgan fingerprint density at radius 2 is 1.47 bits per heavy atom. The fourth-order valence-electron chi connectivity index (χ4n) is 4.27. The van der Waals surface area contributed by atoms with E-state index in [0.717, 1.165) is 12.5 Å². The van der Waals surface area contributed by atoms with Crippen molar-refractivity contribution in [2.24, 2.45) is 0 Å². The van der Waals surface area contributed by atoms with Crippen LogP contribution in [0.5, 0.6) is 5.75 Å². The molecule has 3 N–H and O–H groups in total. The maximum atomic E-state index is 13.2. The first-order valence-corrected chi connectivity index (χ1v) is 10.8. The minimum Gasteiger partial charge on any atom is -0.507 e. The Kier molecular flexibility index (Phi) is 7.74. The van der Waals surface area contributed by atoms with Crippen molar-refractivity contribution in [3.63, 3.8) is 0 Å². The normalized spacial score (nSPS) is 13.2. The number of Topliss-reactive ketones (excluding diaryl/α,β-unsaturated/α-hetero) is 1. The molecular formula is C29H26O7. The molecule has 0 spiro atoms. The summed E-state index contributed by atoms with van der Waals surface area (Å²) in [5.74, 6) is -2.57. The maximum absolute atomic E-state index is 13.2. The molecule has 36 heavy (non-hydrogen) atoms. The number of carboxylic acid groups (broad SMARTS) is 1. The van der Waals surface area contributed by atoms with Gasteiger partial charge in [-0.05, 0) is 23.3 Å². The molecule has 0 saturated heterocycles. The largest absolute Gasteiger partial charge is 0.507 e. The molecule has 0 fully saturated rings. The molecule has 4 aromatic rings. The van der Waals surface area contributed by atoms with Gasteiger partial charge in [0.05, 0.1) is 22.4 Å². The fraction of sp³-hybridized carbons (Fsp3) is 0.138. The van der Waals surface area contributed by atoms with Gasteiger partial charge >= 0.3 is 5.63 Å². The first-order chi connectivity index (χ1) is 16.8. The number of aliphatic carboxylic acids is 1. The molecule has 1 aliphatic carbocycles. The van der Waals surface area contributed by atoms with Crippen LogP contribution in [0.3, 0.4) is 0 Å². The number of allylic oxidation sites excluding steroid dienone is 1. The van der Waals surface area contributed by atoms with E-state index in [4.69, 9.17) is 14.3 Å². The molecule has 184 valence electrons. The van der Waals surface area contributed by atoms with Gasteiger partial charge in [0.25, 0.3) is 5.97 Å². The number of fused-ring (bicyclic) bond motifs is 2. The average Bonchev–Trinajstić information content (AvgIpc) is 2.83. The summed E-state index contributed by atoms with van der Waals surface area (Å²) in [7, 11) is 0. The highest BCUT2D eigenvalue weighted by molar-refractivity contribution is 6.07. The predicted octanol–water partition coefficient (Wildman–Crippen LogP) is 5.45.